The number of piperidine rings is 1. The maximum Gasteiger partial charge on any atom is 0.337 e. The molecule has 5 rings (SSSR count). The van der Waals surface area contributed by atoms with Gasteiger partial charge in [-0.3, -0.25) is 0 Å². The molecule has 2 heterocycles. The number of likely N-dealkylation sites (tertiary alicyclic amines) is 1. The topological polar surface area (TPSA) is 56.3 Å². The lowest BCUT2D eigenvalue weighted by molar-refractivity contribution is 0.0699. The van der Waals surface area contributed by atoms with Gasteiger partial charge in [-0.25, -0.2) is 4.79 Å². The normalized spacial score (nSPS) is 29.7. The minimum Gasteiger partial charge on any atom is -0.478 e. The molecule has 29 heavy (non-hydrogen) atoms. The molecule has 0 bridgehead atoms. The fraction of sp³-hybridized carbons (Fsp3) is 0.640. The van der Waals surface area contributed by atoms with Crippen LogP contribution in [0.15, 0.2) is 24.4 Å². The van der Waals surface area contributed by atoms with Crippen molar-refractivity contribution < 1.29 is 9.90 Å². The molecule has 4 unspecified atom stereocenters. The monoisotopic (exact) mass is 394 g/mol. The Morgan fingerprint density at radius 1 is 1.10 bits per heavy atom. The lowest BCUT2D eigenvalue weighted by Crippen LogP contribution is -2.40. The molecule has 0 spiro atoms. The Balaban J connectivity index is 1.12. The van der Waals surface area contributed by atoms with Crippen molar-refractivity contribution in [1.82, 2.24) is 9.88 Å². The van der Waals surface area contributed by atoms with Gasteiger partial charge in [-0.05, 0) is 86.9 Å². The van der Waals surface area contributed by atoms with E-state index in [1.54, 1.807) is 6.07 Å². The summed E-state index contributed by atoms with van der Waals surface area (Å²) in [6.45, 7) is 3.87. The predicted octanol–water partition coefficient (Wildman–Crippen LogP) is 5.34. The summed E-state index contributed by atoms with van der Waals surface area (Å²) in [4.78, 5) is 17.3. The molecule has 0 amide bonds. The molecule has 3 fully saturated rings. The maximum atomic E-state index is 11.4. The molecule has 2 N–H and O–H groups in total. The van der Waals surface area contributed by atoms with E-state index in [1.807, 2.05) is 18.3 Å². The van der Waals surface area contributed by atoms with E-state index in [1.165, 1.54) is 76.6 Å². The standard InChI is InChI=1S/C25H34N2O2/c28-25(29)23-10-5-9-22-18(15-26-24(22)23)7-3-4-12-27-13-11-21-19(16-27)14-17-6-1-2-8-20(17)21/h5,9-10,15,17,19-21,26H,1-4,6-8,11-14,16H2,(H,28,29). The van der Waals surface area contributed by atoms with E-state index in [9.17, 15) is 9.90 Å². The van der Waals surface area contributed by atoms with Crippen LogP contribution in [0.2, 0.25) is 0 Å². The number of unbranched alkanes of at least 4 members (excludes halogenated alkanes) is 1. The number of hydrogen-bond donors (Lipinski definition) is 2. The Morgan fingerprint density at radius 2 is 1.97 bits per heavy atom. The third-order valence-corrected chi connectivity index (χ3v) is 8.20. The van der Waals surface area contributed by atoms with Gasteiger partial charge in [-0.15, -0.1) is 0 Å². The van der Waals surface area contributed by atoms with Crippen LogP contribution < -0.4 is 0 Å². The SMILES string of the molecule is O=C(O)c1cccc2c(CCCCN3CCC4C(CC5CCCCC54)C3)c[nH]c12. The van der Waals surface area contributed by atoms with E-state index in [2.05, 4.69) is 9.88 Å². The van der Waals surface area contributed by atoms with E-state index in [-0.39, 0.29) is 0 Å². The summed E-state index contributed by atoms with van der Waals surface area (Å²) in [5.41, 5.74) is 2.38. The van der Waals surface area contributed by atoms with E-state index >= 15 is 0 Å². The second-order valence-corrected chi connectivity index (χ2v) is 9.76. The highest BCUT2D eigenvalue weighted by atomic mass is 16.4. The summed E-state index contributed by atoms with van der Waals surface area (Å²) >= 11 is 0. The molecule has 0 radical (unpaired) electrons. The van der Waals surface area contributed by atoms with Crippen molar-refractivity contribution in [3.8, 4) is 0 Å². The Labute approximate surface area is 173 Å². The number of benzene rings is 1. The average Bonchev–Trinajstić information content (AvgIpc) is 3.31. The van der Waals surface area contributed by atoms with Crippen molar-refractivity contribution >= 4 is 16.9 Å². The first-order valence-corrected chi connectivity index (χ1v) is 11.8. The number of hydrogen-bond acceptors (Lipinski definition) is 2. The molecule has 1 aliphatic heterocycles. The second-order valence-electron chi connectivity index (χ2n) is 9.76. The van der Waals surface area contributed by atoms with Gasteiger partial charge in [-0.2, -0.15) is 0 Å². The second kappa shape index (κ2) is 8.14. The lowest BCUT2D eigenvalue weighted by atomic mass is 9.75. The van der Waals surface area contributed by atoms with Gasteiger partial charge in [0.05, 0.1) is 11.1 Å². The van der Waals surface area contributed by atoms with Gasteiger partial charge in [0.2, 0.25) is 0 Å². The fourth-order valence-electron chi connectivity index (χ4n) is 6.87. The minimum absolute atomic E-state index is 0.369. The van der Waals surface area contributed by atoms with Gasteiger partial charge < -0.3 is 15.0 Å². The molecule has 1 aromatic heterocycles. The van der Waals surface area contributed by atoms with E-state index in [0.717, 1.165) is 41.0 Å². The lowest BCUT2D eigenvalue weighted by Gasteiger charge is -2.38. The number of carboxylic acids is 1. The van der Waals surface area contributed by atoms with Gasteiger partial charge in [0.15, 0.2) is 0 Å². The van der Waals surface area contributed by atoms with Crippen LogP contribution >= 0.6 is 0 Å². The summed E-state index contributed by atoms with van der Waals surface area (Å²) in [7, 11) is 0. The van der Waals surface area contributed by atoms with Crippen LogP contribution in [-0.4, -0.2) is 40.6 Å². The number of aromatic nitrogens is 1. The first-order valence-electron chi connectivity index (χ1n) is 11.8. The highest BCUT2D eigenvalue weighted by Gasteiger charge is 2.45. The van der Waals surface area contributed by atoms with Gasteiger partial charge in [0, 0.05) is 18.1 Å². The molecule has 4 atom stereocenters. The third kappa shape index (κ3) is 3.72. The average molecular weight is 395 g/mol. The van der Waals surface area contributed by atoms with Crippen molar-refractivity contribution in [1.29, 1.82) is 0 Å². The highest BCUT2D eigenvalue weighted by molar-refractivity contribution is 6.02. The molecule has 4 heteroatoms. The minimum atomic E-state index is -0.862. The number of rotatable bonds is 6. The smallest absolute Gasteiger partial charge is 0.337 e. The number of aromatic carboxylic acids is 1. The molecule has 4 nitrogen and oxygen atoms in total. The number of H-pyrrole nitrogens is 1. The number of nitrogens with one attached hydrogen (secondary N) is 1. The molecule has 156 valence electrons. The van der Waals surface area contributed by atoms with Gasteiger partial charge in [0.1, 0.15) is 0 Å². The molecule has 2 aliphatic carbocycles. The van der Waals surface area contributed by atoms with Crippen LogP contribution in [-0.2, 0) is 6.42 Å². The first kappa shape index (κ1) is 19.2. The van der Waals surface area contributed by atoms with Crippen molar-refractivity contribution in [3.63, 3.8) is 0 Å². The Hall–Kier alpha value is -1.81. The Kier molecular flexibility index (Phi) is 5.38. The van der Waals surface area contributed by atoms with Crippen molar-refractivity contribution in [3.05, 3.63) is 35.5 Å². The number of nitrogens with zero attached hydrogens (tertiary/aromatic N) is 1. The maximum absolute atomic E-state index is 11.4. The highest BCUT2D eigenvalue weighted by Crippen LogP contribution is 2.51. The number of fused-ring (bicyclic) bond motifs is 4. The van der Waals surface area contributed by atoms with E-state index in [4.69, 9.17) is 0 Å². The predicted molar refractivity (Wildman–Crippen MR) is 116 cm³/mol. The zero-order valence-corrected chi connectivity index (χ0v) is 17.4. The van der Waals surface area contributed by atoms with Crippen LogP contribution in [0.1, 0.15) is 67.3 Å². The first-order chi connectivity index (χ1) is 14.2. The number of carbonyl (C=O) groups is 1. The van der Waals surface area contributed by atoms with Crippen molar-refractivity contribution in [2.24, 2.45) is 23.7 Å². The molecule has 2 aromatic rings. The summed E-state index contributed by atoms with van der Waals surface area (Å²) in [6, 6.07) is 5.57. The summed E-state index contributed by atoms with van der Waals surface area (Å²) in [5, 5.41) is 10.4. The zero-order chi connectivity index (χ0) is 19.8. The zero-order valence-electron chi connectivity index (χ0n) is 17.4. The van der Waals surface area contributed by atoms with Gasteiger partial charge in [-0.1, -0.05) is 31.4 Å². The van der Waals surface area contributed by atoms with E-state index < -0.39 is 5.97 Å². The van der Waals surface area contributed by atoms with Crippen molar-refractivity contribution in [2.75, 3.05) is 19.6 Å². The molecule has 1 aromatic carbocycles. The molecule has 3 aliphatic rings. The molecular weight excluding hydrogens is 360 g/mol. The van der Waals surface area contributed by atoms with Crippen LogP contribution in [0.3, 0.4) is 0 Å². The van der Waals surface area contributed by atoms with Gasteiger partial charge >= 0.3 is 5.97 Å². The van der Waals surface area contributed by atoms with E-state index in [0.29, 0.717) is 5.56 Å². The number of aryl methyl sites for hydroxylation is 1. The van der Waals surface area contributed by atoms with Crippen LogP contribution in [0.25, 0.3) is 10.9 Å². The molecule has 1 saturated heterocycles. The van der Waals surface area contributed by atoms with Crippen molar-refractivity contribution in [2.45, 2.75) is 57.8 Å². The quantitative estimate of drug-likeness (QED) is 0.651. The summed E-state index contributed by atoms with van der Waals surface area (Å²) < 4.78 is 0. The molecule has 2 saturated carbocycles. The summed E-state index contributed by atoms with van der Waals surface area (Å²) in [5.74, 6) is 3.26. The van der Waals surface area contributed by atoms with Crippen LogP contribution in [0, 0.1) is 23.7 Å². The van der Waals surface area contributed by atoms with Crippen LogP contribution in [0.5, 0.6) is 0 Å². The van der Waals surface area contributed by atoms with Crippen LogP contribution in [0.4, 0.5) is 0 Å². The third-order valence-electron chi connectivity index (χ3n) is 8.20. The number of para-hydroxylation sites is 1. The number of carboxylic acid groups (broad SMARTS) is 1. The fourth-order valence-corrected chi connectivity index (χ4v) is 6.87. The van der Waals surface area contributed by atoms with Gasteiger partial charge in [0.25, 0.3) is 0 Å². The summed E-state index contributed by atoms with van der Waals surface area (Å²) in [6.07, 6.45) is 14.3. The Morgan fingerprint density at radius 3 is 2.86 bits per heavy atom. The Bertz CT molecular complexity index is 873. The largest absolute Gasteiger partial charge is 0.478 e. The number of aromatic amines is 1. The molecular formula is C25H34N2O2.